The van der Waals surface area contributed by atoms with Gasteiger partial charge in [0, 0.05) is 10.9 Å². The van der Waals surface area contributed by atoms with Crippen LogP contribution in [0.5, 0.6) is 0 Å². The molecule has 1 fully saturated rings. The van der Waals surface area contributed by atoms with E-state index in [-0.39, 0.29) is 0 Å². The molecule has 2 nitrogen and oxygen atoms in total. The lowest BCUT2D eigenvalue weighted by Crippen LogP contribution is -2.29. The van der Waals surface area contributed by atoms with Crippen molar-refractivity contribution in [3.63, 3.8) is 0 Å². The first-order valence-corrected chi connectivity index (χ1v) is 7.89. The van der Waals surface area contributed by atoms with Gasteiger partial charge in [-0.1, -0.05) is 48.4 Å². The molecule has 4 rings (SSSR count). The van der Waals surface area contributed by atoms with Gasteiger partial charge in [0.15, 0.2) is 0 Å². The third-order valence-corrected chi connectivity index (χ3v) is 4.77. The molecule has 2 atom stereocenters. The summed E-state index contributed by atoms with van der Waals surface area (Å²) in [7, 11) is 0. The third kappa shape index (κ3) is 2.24. The first kappa shape index (κ1) is 12.9. The van der Waals surface area contributed by atoms with Gasteiger partial charge in [0.25, 0.3) is 0 Å². The summed E-state index contributed by atoms with van der Waals surface area (Å²) in [6, 6.07) is 19.1. The lowest BCUT2D eigenvalue weighted by Gasteiger charge is -2.22. The number of hydrogen-bond acceptors (Lipinski definition) is 2. The number of fused-ring (bicyclic) bond motifs is 1. The minimum absolute atomic E-state index is 0.501. The smallest absolute Gasteiger partial charge is 0.0734 e. The van der Waals surface area contributed by atoms with Crippen LogP contribution >= 0.6 is 11.6 Å². The Balaban J connectivity index is 1.74. The molecule has 0 spiro atoms. The van der Waals surface area contributed by atoms with Crippen molar-refractivity contribution in [2.24, 2.45) is 11.0 Å². The molecule has 2 aromatic carbocycles. The maximum absolute atomic E-state index is 6.00. The molecule has 21 heavy (non-hydrogen) atoms. The van der Waals surface area contributed by atoms with E-state index in [2.05, 4.69) is 47.5 Å². The van der Waals surface area contributed by atoms with Gasteiger partial charge in [-0.05, 0) is 42.7 Å². The summed E-state index contributed by atoms with van der Waals surface area (Å²) in [6.45, 7) is 0. The average Bonchev–Trinajstić information content (AvgIpc) is 3.11. The fraction of sp³-hybridized carbons (Fsp3) is 0.278. The van der Waals surface area contributed by atoms with Crippen LogP contribution in [-0.4, -0.2) is 11.8 Å². The van der Waals surface area contributed by atoms with E-state index in [1.54, 1.807) is 0 Å². The van der Waals surface area contributed by atoms with Crippen LogP contribution < -0.4 is 5.01 Å². The van der Waals surface area contributed by atoms with Crippen molar-refractivity contribution >= 4 is 23.0 Å². The minimum atomic E-state index is 0.501. The second-order valence-corrected chi connectivity index (χ2v) is 6.21. The molecule has 0 unspecified atom stereocenters. The summed E-state index contributed by atoms with van der Waals surface area (Å²) in [5.74, 6) is 0.558. The maximum atomic E-state index is 6.00. The molecule has 0 radical (unpaired) electrons. The molecule has 0 N–H and O–H groups in total. The van der Waals surface area contributed by atoms with Crippen molar-refractivity contribution < 1.29 is 0 Å². The van der Waals surface area contributed by atoms with Crippen LogP contribution in [-0.2, 0) is 0 Å². The van der Waals surface area contributed by atoms with E-state index < -0.39 is 0 Å². The van der Waals surface area contributed by atoms with Crippen LogP contribution in [0.15, 0.2) is 59.7 Å². The molecule has 0 saturated heterocycles. The Morgan fingerprint density at radius 2 is 1.71 bits per heavy atom. The van der Waals surface area contributed by atoms with Gasteiger partial charge >= 0.3 is 0 Å². The molecule has 2 aliphatic rings. The topological polar surface area (TPSA) is 15.6 Å². The van der Waals surface area contributed by atoms with Crippen molar-refractivity contribution in [3.05, 3.63) is 65.2 Å². The van der Waals surface area contributed by atoms with Gasteiger partial charge in [0.1, 0.15) is 0 Å². The van der Waals surface area contributed by atoms with Crippen LogP contribution in [0.4, 0.5) is 5.69 Å². The van der Waals surface area contributed by atoms with Crippen molar-refractivity contribution in [2.75, 3.05) is 5.01 Å². The van der Waals surface area contributed by atoms with E-state index in [4.69, 9.17) is 16.7 Å². The predicted octanol–water partition coefficient (Wildman–Crippen LogP) is 4.73. The second kappa shape index (κ2) is 5.19. The maximum Gasteiger partial charge on any atom is 0.0734 e. The van der Waals surface area contributed by atoms with E-state index in [9.17, 15) is 0 Å². The summed E-state index contributed by atoms with van der Waals surface area (Å²) in [5.41, 5.74) is 3.64. The van der Waals surface area contributed by atoms with Gasteiger partial charge in [-0.2, -0.15) is 5.10 Å². The number of halogens is 1. The minimum Gasteiger partial charge on any atom is -0.262 e. The molecule has 1 saturated carbocycles. The van der Waals surface area contributed by atoms with E-state index in [1.165, 1.54) is 30.5 Å². The van der Waals surface area contributed by atoms with E-state index >= 15 is 0 Å². The molecule has 3 heteroatoms. The molecule has 1 heterocycles. The van der Waals surface area contributed by atoms with Crippen LogP contribution in [0.25, 0.3) is 0 Å². The largest absolute Gasteiger partial charge is 0.262 e. The zero-order valence-electron chi connectivity index (χ0n) is 11.7. The van der Waals surface area contributed by atoms with Crippen LogP contribution in [0.2, 0.25) is 5.02 Å². The summed E-state index contributed by atoms with van der Waals surface area (Å²) in [6.07, 6.45) is 3.74. The van der Waals surface area contributed by atoms with Gasteiger partial charge in [-0.25, -0.2) is 0 Å². The normalized spacial score (nSPS) is 24.0. The summed E-state index contributed by atoms with van der Waals surface area (Å²) in [4.78, 5) is 0. The quantitative estimate of drug-likeness (QED) is 0.782. The van der Waals surface area contributed by atoms with Crippen LogP contribution in [0.3, 0.4) is 0 Å². The number of hydrogen-bond donors (Lipinski definition) is 0. The zero-order chi connectivity index (χ0) is 14.2. The molecule has 0 amide bonds. The van der Waals surface area contributed by atoms with Crippen molar-refractivity contribution in [2.45, 2.75) is 25.3 Å². The van der Waals surface area contributed by atoms with Gasteiger partial charge in [-0.15, -0.1) is 0 Å². The highest BCUT2D eigenvalue weighted by molar-refractivity contribution is 6.30. The SMILES string of the molecule is Clc1ccc(N2N=C(c3ccccc3)[C@H]3CCC[C@H]32)cc1. The molecule has 106 valence electrons. The molecular weight excluding hydrogens is 280 g/mol. The highest BCUT2D eigenvalue weighted by Gasteiger charge is 2.41. The fourth-order valence-electron chi connectivity index (χ4n) is 3.54. The van der Waals surface area contributed by atoms with Crippen molar-refractivity contribution in [1.82, 2.24) is 0 Å². The molecule has 1 aliphatic carbocycles. The Bertz CT molecular complexity index is 663. The summed E-state index contributed by atoms with van der Waals surface area (Å²) < 4.78 is 0. The van der Waals surface area contributed by atoms with Crippen molar-refractivity contribution in [1.29, 1.82) is 0 Å². The molecular formula is C18H17ClN2. The van der Waals surface area contributed by atoms with E-state index in [0.29, 0.717) is 12.0 Å². The summed E-state index contributed by atoms with van der Waals surface area (Å²) >= 11 is 6.00. The molecule has 0 aromatic heterocycles. The third-order valence-electron chi connectivity index (χ3n) is 4.52. The standard InChI is InChI=1S/C18H17ClN2/c19-14-9-11-15(12-10-14)21-17-8-4-7-16(17)18(20-21)13-5-2-1-3-6-13/h1-3,5-6,9-12,16-17H,4,7-8H2/t16-,17+/m0/s1. The summed E-state index contributed by atoms with van der Waals surface area (Å²) in [5, 5.41) is 7.93. The van der Waals surface area contributed by atoms with Gasteiger partial charge in [-0.3, -0.25) is 5.01 Å². The molecule has 1 aliphatic heterocycles. The number of anilines is 1. The van der Waals surface area contributed by atoms with Crippen molar-refractivity contribution in [3.8, 4) is 0 Å². The number of benzene rings is 2. The number of nitrogens with zero attached hydrogens (tertiary/aromatic N) is 2. The Morgan fingerprint density at radius 3 is 2.48 bits per heavy atom. The van der Waals surface area contributed by atoms with Gasteiger partial charge < -0.3 is 0 Å². The van der Waals surface area contributed by atoms with E-state index in [0.717, 1.165) is 10.7 Å². The molecule has 2 aromatic rings. The number of rotatable bonds is 2. The monoisotopic (exact) mass is 296 g/mol. The first-order chi connectivity index (χ1) is 10.3. The van der Waals surface area contributed by atoms with Gasteiger partial charge in [0.2, 0.25) is 0 Å². The number of hydrazone groups is 1. The Hall–Kier alpha value is -1.80. The Morgan fingerprint density at radius 1 is 0.952 bits per heavy atom. The predicted molar refractivity (Wildman–Crippen MR) is 88.0 cm³/mol. The highest BCUT2D eigenvalue weighted by atomic mass is 35.5. The van der Waals surface area contributed by atoms with Gasteiger partial charge in [0.05, 0.1) is 17.4 Å². The lowest BCUT2D eigenvalue weighted by atomic mass is 9.93. The van der Waals surface area contributed by atoms with Crippen LogP contribution in [0.1, 0.15) is 24.8 Å². The average molecular weight is 297 g/mol. The van der Waals surface area contributed by atoms with Crippen LogP contribution in [0, 0.1) is 5.92 Å². The Labute approximate surface area is 130 Å². The lowest BCUT2D eigenvalue weighted by molar-refractivity contribution is 0.602. The first-order valence-electron chi connectivity index (χ1n) is 7.51. The van der Waals surface area contributed by atoms with E-state index in [1.807, 2.05) is 12.1 Å². The zero-order valence-corrected chi connectivity index (χ0v) is 12.5. The Kier molecular flexibility index (Phi) is 3.19. The molecule has 0 bridgehead atoms. The fourth-order valence-corrected chi connectivity index (χ4v) is 3.67. The highest BCUT2D eigenvalue weighted by Crippen LogP contribution is 2.40. The second-order valence-electron chi connectivity index (χ2n) is 5.78.